The highest BCUT2D eigenvalue weighted by Crippen LogP contribution is 2.21. The fourth-order valence-electron chi connectivity index (χ4n) is 1.77. The largest absolute Gasteiger partial charge is 0.398 e. The van der Waals surface area contributed by atoms with E-state index in [9.17, 15) is 9.90 Å². The van der Waals surface area contributed by atoms with Gasteiger partial charge in [0.15, 0.2) is 0 Å². The molecule has 1 saturated heterocycles. The summed E-state index contributed by atoms with van der Waals surface area (Å²) in [4.78, 5) is 13.6. The van der Waals surface area contributed by atoms with Crippen molar-refractivity contribution in [2.24, 2.45) is 0 Å². The highest BCUT2D eigenvalue weighted by molar-refractivity contribution is 6.33. The van der Waals surface area contributed by atoms with Crippen LogP contribution in [0.15, 0.2) is 18.2 Å². The summed E-state index contributed by atoms with van der Waals surface area (Å²) in [6.45, 7) is 0.975. The number of amides is 1. The van der Waals surface area contributed by atoms with Gasteiger partial charge in [-0.2, -0.15) is 0 Å². The van der Waals surface area contributed by atoms with Crippen LogP contribution in [0.1, 0.15) is 16.8 Å². The maximum absolute atomic E-state index is 12.0. The number of rotatable bonds is 1. The standard InChI is InChI=1S/C11H13ClN2O2/c12-9-5-7(1-2-10(9)13)11(16)14-4-3-8(15)6-14/h1-2,5,8,15H,3-4,6,13H2/t8-/m0/s1. The van der Waals surface area contributed by atoms with Crippen LogP contribution in [0, 0.1) is 0 Å². The number of β-amino-alcohol motifs (C(OH)–C–C–N with tert-alkyl or cyclic N) is 1. The summed E-state index contributed by atoms with van der Waals surface area (Å²) in [6, 6.07) is 4.82. The second kappa shape index (κ2) is 4.31. The average molecular weight is 241 g/mol. The Morgan fingerprint density at radius 1 is 1.56 bits per heavy atom. The number of aliphatic hydroxyl groups is 1. The topological polar surface area (TPSA) is 66.6 Å². The number of benzene rings is 1. The lowest BCUT2D eigenvalue weighted by atomic mass is 10.2. The van der Waals surface area contributed by atoms with E-state index in [0.717, 1.165) is 0 Å². The maximum atomic E-state index is 12.0. The van der Waals surface area contributed by atoms with E-state index in [0.29, 0.717) is 35.8 Å². The molecule has 16 heavy (non-hydrogen) atoms. The molecule has 1 amide bonds. The fraction of sp³-hybridized carbons (Fsp3) is 0.364. The maximum Gasteiger partial charge on any atom is 0.253 e. The van der Waals surface area contributed by atoms with Crippen molar-refractivity contribution in [1.29, 1.82) is 0 Å². The van der Waals surface area contributed by atoms with Crippen LogP contribution in [-0.4, -0.2) is 35.1 Å². The number of hydrogen-bond donors (Lipinski definition) is 2. The third-order valence-electron chi connectivity index (χ3n) is 2.70. The number of carbonyl (C=O) groups excluding carboxylic acids is 1. The molecule has 1 atom stereocenters. The second-order valence-electron chi connectivity index (χ2n) is 3.93. The number of likely N-dealkylation sites (tertiary alicyclic amines) is 1. The number of carbonyl (C=O) groups is 1. The van der Waals surface area contributed by atoms with E-state index in [1.165, 1.54) is 0 Å². The van der Waals surface area contributed by atoms with Crippen LogP contribution in [-0.2, 0) is 0 Å². The lowest BCUT2D eigenvalue weighted by Crippen LogP contribution is -2.29. The van der Waals surface area contributed by atoms with E-state index in [2.05, 4.69) is 0 Å². The lowest BCUT2D eigenvalue weighted by Gasteiger charge is -2.15. The van der Waals surface area contributed by atoms with Crippen molar-refractivity contribution in [3.8, 4) is 0 Å². The first-order chi connectivity index (χ1) is 7.58. The van der Waals surface area contributed by atoms with Gasteiger partial charge in [-0.05, 0) is 24.6 Å². The third-order valence-corrected chi connectivity index (χ3v) is 3.03. The lowest BCUT2D eigenvalue weighted by molar-refractivity contribution is 0.0765. The number of nitrogen functional groups attached to an aromatic ring is 1. The van der Waals surface area contributed by atoms with Crippen LogP contribution in [0.4, 0.5) is 5.69 Å². The van der Waals surface area contributed by atoms with Crippen molar-refractivity contribution < 1.29 is 9.90 Å². The molecule has 0 aromatic heterocycles. The summed E-state index contributed by atoms with van der Waals surface area (Å²) in [6.07, 6.45) is 0.224. The molecule has 2 rings (SSSR count). The SMILES string of the molecule is Nc1ccc(C(=O)N2CC[C@H](O)C2)cc1Cl. The quantitative estimate of drug-likeness (QED) is 0.724. The molecule has 5 heteroatoms. The van der Waals surface area contributed by atoms with Crippen molar-refractivity contribution in [3.63, 3.8) is 0 Å². The summed E-state index contributed by atoms with van der Waals surface area (Å²) in [5, 5.41) is 9.73. The molecule has 1 fully saturated rings. The molecular formula is C11H13ClN2O2. The Balaban J connectivity index is 2.18. The molecule has 0 spiro atoms. The summed E-state index contributed by atoms with van der Waals surface area (Å²) >= 11 is 5.85. The van der Waals surface area contributed by atoms with E-state index in [1.54, 1.807) is 23.1 Å². The number of halogens is 1. The number of nitrogens with two attached hydrogens (primary N) is 1. The minimum absolute atomic E-state index is 0.113. The highest BCUT2D eigenvalue weighted by Gasteiger charge is 2.25. The molecule has 0 saturated carbocycles. The fourth-order valence-corrected chi connectivity index (χ4v) is 1.95. The van der Waals surface area contributed by atoms with Crippen molar-refractivity contribution >= 4 is 23.2 Å². The minimum atomic E-state index is -0.409. The smallest absolute Gasteiger partial charge is 0.253 e. The van der Waals surface area contributed by atoms with Crippen LogP contribution in [0.3, 0.4) is 0 Å². The normalized spacial score (nSPS) is 20.1. The average Bonchev–Trinajstić information content (AvgIpc) is 2.68. The van der Waals surface area contributed by atoms with Gasteiger partial charge in [-0.25, -0.2) is 0 Å². The van der Waals surface area contributed by atoms with E-state index in [1.807, 2.05) is 0 Å². The molecule has 1 aliphatic rings. The van der Waals surface area contributed by atoms with Gasteiger partial charge < -0.3 is 15.7 Å². The van der Waals surface area contributed by atoms with E-state index >= 15 is 0 Å². The van der Waals surface area contributed by atoms with Crippen molar-refractivity contribution in [2.75, 3.05) is 18.8 Å². The second-order valence-corrected chi connectivity index (χ2v) is 4.34. The summed E-state index contributed by atoms with van der Waals surface area (Å²) in [7, 11) is 0. The van der Waals surface area contributed by atoms with Crippen molar-refractivity contribution in [3.05, 3.63) is 28.8 Å². The summed E-state index contributed by atoms with van der Waals surface area (Å²) in [5.74, 6) is -0.113. The zero-order valence-corrected chi connectivity index (χ0v) is 9.44. The van der Waals surface area contributed by atoms with Gasteiger partial charge in [0.05, 0.1) is 16.8 Å². The van der Waals surface area contributed by atoms with Crippen LogP contribution in [0.2, 0.25) is 5.02 Å². The monoisotopic (exact) mass is 240 g/mol. The van der Waals surface area contributed by atoms with Crippen LogP contribution in [0.25, 0.3) is 0 Å². The molecule has 3 N–H and O–H groups in total. The molecule has 0 unspecified atom stereocenters. The van der Waals surface area contributed by atoms with Gasteiger partial charge in [0.25, 0.3) is 5.91 Å². The molecule has 4 nitrogen and oxygen atoms in total. The Morgan fingerprint density at radius 3 is 2.88 bits per heavy atom. The number of nitrogens with zero attached hydrogens (tertiary/aromatic N) is 1. The van der Waals surface area contributed by atoms with E-state index < -0.39 is 6.10 Å². The van der Waals surface area contributed by atoms with Crippen LogP contribution >= 0.6 is 11.6 Å². The van der Waals surface area contributed by atoms with Gasteiger partial charge in [-0.15, -0.1) is 0 Å². The number of hydrogen-bond acceptors (Lipinski definition) is 3. The van der Waals surface area contributed by atoms with E-state index in [-0.39, 0.29) is 5.91 Å². The molecule has 1 aromatic rings. The Hall–Kier alpha value is -1.26. The zero-order chi connectivity index (χ0) is 11.7. The first kappa shape index (κ1) is 11.2. The molecule has 1 aliphatic heterocycles. The summed E-state index contributed by atoms with van der Waals surface area (Å²) in [5.41, 5.74) is 6.53. The minimum Gasteiger partial charge on any atom is -0.398 e. The first-order valence-corrected chi connectivity index (χ1v) is 5.48. The number of aliphatic hydroxyl groups excluding tert-OH is 1. The number of anilines is 1. The van der Waals surface area contributed by atoms with Gasteiger partial charge in [-0.1, -0.05) is 11.6 Å². The van der Waals surface area contributed by atoms with Crippen LogP contribution in [0.5, 0.6) is 0 Å². The Bertz CT molecular complexity index is 422. The Kier molecular flexibility index (Phi) is 3.03. The third kappa shape index (κ3) is 2.13. The zero-order valence-electron chi connectivity index (χ0n) is 8.69. The molecular weight excluding hydrogens is 228 g/mol. The van der Waals surface area contributed by atoms with Gasteiger partial charge >= 0.3 is 0 Å². The highest BCUT2D eigenvalue weighted by atomic mass is 35.5. The molecule has 0 radical (unpaired) electrons. The molecule has 1 aromatic carbocycles. The van der Waals surface area contributed by atoms with Crippen molar-refractivity contribution in [2.45, 2.75) is 12.5 Å². The first-order valence-electron chi connectivity index (χ1n) is 5.10. The van der Waals surface area contributed by atoms with Gasteiger partial charge in [0, 0.05) is 18.7 Å². The predicted molar refractivity (Wildman–Crippen MR) is 62.4 cm³/mol. The molecule has 0 bridgehead atoms. The molecule has 86 valence electrons. The van der Waals surface area contributed by atoms with Gasteiger partial charge in [0.2, 0.25) is 0 Å². The van der Waals surface area contributed by atoms with Crippen LogP contribution < -0.4 is 5.73 Å². The summed E-state index contributed by atoms with van der Waals surface area (Å²) < 4.78 is 0. The Labute approximate surface area is 98.6 Å². The molecule has 1 heterocycles. The van der Waals surface area contributed by atoms with Gasteiger partial charge in [0.1, 0.15) is 0 Å². The van der Waals surface area contributed by atoms with Gasteiger partial charge in [-0.3, -0.25) is 4.79 Å². The molecule has 0 aliphatic carbocycles. The van der Waals surface area contributed by atoms with E-state index in [4.69, 9.17) is 17.3 Å². The Morgan fingerprint density at radius 2 is 2.31 bits per heavy atom. The van der Waals surface area contributed by atoms with Crippen molar-refractivity contribution in [1.82, 2.24) is 4.90 Å². The predicted octanol–water partition coefficient (Wildman–Crippen LogP) is 1.13.